The molecule has 0 saturated heterocycles. The third-order valence-electron chi connectivity index (χ3n) is 7.03. The molecule has 0 aliphatic heterocycles. The number of hydrogen-bond acceptors (Lipinski definition) is 7. The monoisotopic (exact) mass is 629 g/mol. The van der Waals surface area contributed by atoms with E-state index in [2.05, 4.69) is 13.8 Å². The average Bonchev–Trinajstić information content (AvgIpc) is 2.93. The SMILES string of the molecule is CCCCCCCCCCCCCOCCCCCCCCCCCCC.O=S(=O)(O)O.OCCN(CCO)CCO. The van der Waals surface area contributed by atoms with Crippen LogP contribution in [0.5, 0.6) is 0 Å². The van der Waals surface area contributed by atoms with Crippen LogP contribution in [-0.2, 0) is 15.1 Å². The van der Waals surface area contributed by atoms with Crippen molar-refractivity contribution in [2.75, 3.05) is 52.7 Å². The molecule has 0 amide bonds. The molecular formula is C32H71NO8S. The lowest BCUT2D eigenvalue weighted by atomic mass is 10.1. The normalized spacial score (nSPS) is 11.2. The molecule has 5 N–H and O–H groups in total. The number of rotatable bonds is 30. The summed E-state index contributed by atoms with van der Waals surface area (Å²) in [6, 6.07) is 0. The van der Waals surface area contributed by atoms with Gasteiger partial charge in [0.15, 0.2) is 0 Å². The fourth-order valence-corrected chi connectivity index (χ4v) is 4.60. The predicted octanol–water partition coefficient (Wildman–Crippen LogP) is 7.24. The number of ether oxygens (including phenoxy) is 1. The third-order valence-corrected chi connectivity index (χ3v) is 7.03. The highest BCUT2D eigenvalue weighted by atomic mass is 32.3. The molecular weight excluding hydrogens is 558 g/mol. The summed E-state index contributed by atoms with van der Waals surface area (Å²) in [6.45, 7) is 8.33. The molecule has 0 aliphatic carbocycles. The van der Waals surface area contributed by atoms with Crippen LogP contribution in [0.15, 0.2) is 0 Å². The van der Waals surface area contributed by atoms with Gasteiger partial charge >= 0.3 is 10.4 Å². The highest BCUT2D eigenvalue weighted by Crippen LogP contribution is 2.12. The highest BCUT2D eigenvalue weighted by molar-refractivity contribution is 7.79. The molecule has 0 aromatic heterocycles. The molecule has 0 radical (unpaired) electrons. The van der Waals surface area contributed by atoms with E-state index in [1.54, 1.807) is 4.90 Å². The zero-order valence-electron chi connectivity index (χ0n) is 27.5. The summed E-state index contributed by atoms with van der Waals surface area (Å²) >= 11 is 0. The minimum atomic E-state index is -4.67. The lowest BCUT2D eigenvalue weighted by Gasteiger charge is -2.17. The van der Waals surface area contributed by atoms with Crippen LogP contribution in [0.1, 0.15) is 155 Å². The highest BCUT2D eigenvalue weighted by Gasteiger charge is 2.00. The van der Waals surface area contributed by atoms with E-state index >= 15 is 0 Å². The maximum absolute atomic E-state index is 8.74. The third kappa shape index (κ3) is 55.6. The Morgan fingerprint density at radius 2 is 0.667 bits per heavy atom. The van der Waals surface area contributed by atoms with Crippen molar-refractivity contribution in [1.29, 1.82) is 0 Å². The summed E-state index contributed by atoms with van der Waals surface area (Å²) in [5.41, 5.74) is 0. The van der Waals surface area contributed by atoms with Crippen LogP contribution in [0.4, 0.5) is 0 Å². The largest absolute Gasteiger partial charge is 0.395 e. The number of nitrogens with zero attached hydrogens (tertiary/aromatic N) is 1. The standard InChI is InChI=1S/C26H54O.C6H15NO3.H2O4S/c1-3-5-7-9-11-13-15-17-19-21-23-25-27-26-24-22-20-18-16-14-12-10-8-6-4-2;8-4-1-7(2-5-9)3-6-10;1-5(2,3)4/h3-26H2,1-2H3;8-10H,1-6H2;(H2,1,2,3,4). The van der Waals surface area contributed by atoms with Gasteiger partial charge in [-0.05, 0) is 12.8 Å². The van der Waals surface area contributed by atoms with Crippen LogP contribution >= 0.6 is 0 Å². The number of aliphatic hydroxyl groups is 3. The molecule has 0 saturated carbocycles. The smallest absolute Gasteiger partial charge is 0.394 e. The van der Waals surface area contributed by atoms with E-state index in [1.807, 2.05) is 0 Å². The Labute approximate surface area is 260 Å². The minimum Gasteiger partial charge on any atom is -0.395 e. The van der Waals surface area contributed by atoms with Gasteiger partial charge in [-0.2, -0.15) is 8.42 Å². The summed E-state index contributed by atoms with van der Waals surface area (Å²) in [7, 11) is -4.67. The van der Waals surface area contributed by atoms with E-state index in [9.17, 15) is 0 Å². The summed E-state index contributed by atoms with van der Waals surface area (Å²) < 4.78 is 37.4. The lowest BCUT2D eigenvalue weighted by molar-refractivity contribution is 0.125. The second-order valence-electron chi connectivity index (χ2n) is 11.1. The minimum absolute atomic E-state index is 0.0694. The Morgan fingerprint density at radius 3 is 0.881 bits per heavy atom. The quantitative estimate of drug-likeness (QED) is 0.0410. The maximum atomic E-state index is 8.74. The number of unbranched alkanes of at least 4 members (excludes halogenated alkanes) is 20. The van der Waals surface area contributed by atoms with Crippen LogP contribution < -0.4 is 0 Å². The van der Waals surface area contributed by atoms with Gasteiger partial charge < -0.3 is 20.1 Å². The molecule has 9 nitrogen and oxygen atoms in total. The molecule has 0 spiro atoms. The van der Waals surface area contributed by atoms with Gasteiger partial charge in [0.1, 0.15) is 0 Å². The van der Waals surface area contributed by atoms with Crippen molar-refractivity contribution >= 4 is 10.4 Å². The first-order valence-electron chi connectivity index (χ1n) is 17.1. The van der Waals surface area contributed by atoms with Gasteiger partial charge in [0.2, 0.25) is 0 Å². The van der Waals surface area contributed by atoms with Crippen molar-refractivity contribution in [2.24, 2.45) is 0 Å². The van der Waals surface area contributed by atoms with Crippen molar-refractivity contribution in [1.82, 2.24) is 4.90 Å². The first-order chi connectivity index (χ1) is 20.3. The fourth-order valence-electron chi connectivity index (χ4n) is 4.60. The number of hydrogen-bond donors (Lipinski definition) is 5. The second-order valence-corrected chi connectivity index (χ2v) is 12.0. The Balaban J connectivity index is -0.000000828. The van der Waals surface area contributed by atoms with E-state index in [4.69, 9.17) is 37.6 Å². The number of aliphatic hydroxyl groups excluding tert-OH is 3. The van der Waals surface area contributed by atoms with E-state index < -0.39 is 10.4 Å². The first kappa shape index (κ1) is 46.1. The van der Waals surface area contributed by atoms with Crippen molar-refractivity contribution in [3.05, 3.63) is 0 Å². The Kier molecular flexibility index (Phi) is 44.6. The van der Waals surface area contributed by atoms with Gasteiger partial charge in [-0.3, -0.25) is 14.0 Å². The van der Waals surface area contributed by atoms with Crippen LogP contribution in [-0.4, -0.2) is 90.4 Å². The van der Waals surface area contributed by atoms with Crippen molar-refractivity contribution in [3.63, 3.8) is 0 Å². The lowest BCUT2D eigenvalue weighted by Crippen LogP contribution is -2.32. The molecule has 0 aromatic carbocycles. The zero-order chi connectivity index (χ0) is 32.0. The Morgan fingerprint density at radius 1 is 0.452 bits per heavy atom. The Hall–Kier alpha value is -0.330. The Bertz CT molecular complexity index is 520. The maximum Gasteiger partial charge on any atom is 0.394 e. The van der Waals surface area contributed by atoms with E-state index in [0.29, 0.717) is 19.6 Å². The van der Waals surface area contributed by atoms with Gasteiger partial charge in [0.05, 0.1) is 19.8 Å². The van der Waals surface area contributed by atoms with Crippen LogP contribution in [0.2, 0.25) is 0 Å². The van der Waals surface area contributed by atoms with E-state index in [1.165, 1.54) is 141 Å². The molecule has 0 aromatic rings. The second kappa shape index (κ2) is 40.7. The van der Waals surface area contributed by atoms with Gasteiger partial charge in [-0.15, -0.1) is 0 Å². The molecule has 258 valence electrons. The molecule has 10 heteroatoms. The van der Waals surface area contributed by atoms with Gasteiger partial charge in [-0.25, -0.2) is 0 Å². The average molecular weight is 630 g/mol. The summed E-state index contributed by atoms with van der Waals surface area (Å²) in [5, 5.41) is 25.5. The molecule has 0 atom stereocenters. The zero-order valence-corrected chi connectivity index (χ0v) is 28.3. The molecule has 0 aliphatic rings. The topological polar surface area (TPSA) is 148 Å². The van der Waals surface area contributed by atoms with Crippen LogP contribution in [0.25, 0.3) is 0 Å². The summed E-state index contributed by atoms with van der Waals surface area (Å²) in [5.74, 6) is 0. The van der Waals surface area contributed by atoms with E-state index in [0.717, 1.165) is 13.2 Å². The molecule has 0 heterocycles. The van der Waals surface area contributed by atoms with E-state index in [-0.39, 0.29) is 19.8 Å². The van der Waals surface area contributed by atoms with Crippen LogP contribution in [0, 0.1) is 0 Å². The van der Waals surface area contributed by atoms with Gasteiger partial charge in [0, 0.05) is 32.8 Å². The molecule has 0 unspecified atom stereocenters. The fraction of sp³-hybridized carbons (Fsp3) is 1.00. The molecule has 0 bridgehead atoms. The molecule has 42 heavy (non-hydrogen) atoms. The molecule has 0 fully saturated rings. The van der Waals surface area contributed by atoms with Crippen molar-refractivity contribution in [2.45, 2.75) is 155 Å². The first-order valence-corrected chi connectivity index (χ1v) is 18.5. The van der Waals surface area contributed by atoms with Gasteiger partial charge in [0.25, 0.3) is 0 Å². The van der Waals surface area contributed by atoms with Crippen molar-refractivity contribution in [3.8, 4) is 0 Å². The van der Waals surface area contributed by atoms with Crippen LogP contribution in [0.3, 0.4) is 0 Å². The molecule has 0 rings (SSSR count). The summed E-state index contributed by atoms with van der Waals surface area (Å²) in [6.07, 6.45) is 31.1. The predicted molar refractivity (Wildman–Crippen MR) is 176 cm³/mol. The van der Waals surface area contributed by atoms with Crippen molar-refractivity contribution < 1.29 is 37.6 Å². The summed E-state index contributed by atoms with van der Waals surface area (Å²) in [4.78, 5) is 1.79. The van der Waals surface area contributed by atoms with Gasteiger partial charge in [-0.1, -0.05) is 142 Å².